The molecule has 0 fully saturated rings. The van der Waals surface area contributed by atoms with Crippen molar-refractivity contribution < 1.29 is 22.7 Å². The van der Waals surface area contributed by atoms with E-state index < -0.39 is 10.0 Å². The number of carbonyl (C=O) groups is 1. The molecule has 7 nitrogen and oxygen atoms in total. The fraction of sp³-hybridized carbons (Fsp3) is 0.269. The first-order valence-corrected chi connectivity index (χ1v) is 12.7. The van der Waals surface area contributed by atoms with Crippen molar-refractivity contribution in [1.82, 2.24) is 5.32 Å². The Balaban J connectivity index is 1.59. The molecule has 3 aromatic carbocycles. The SMILES string of the molecule is COc1cccc(OCCNC(=O)c2ccc(CN(c3cc(C)ccc3C)S(C)(=O)=O)cc2)c1. The molecule has 0 saturated carbocycles. The van der Waals surface area contributed by atoms with E-state index in [1.165, 1.54) is 10.6 Å². The number of amides is 1. The maximum absolute atomic E-state index is 12.5. The van der Waals surface area contributed by atoms with E-state index >= 15 is 0 Å². The van der Waals surface area contributed by atoms with Gasteiger partial charge in [0, 0.05) is 11.6 Å². The van der Waals surface area contributed by atoms with Crippen LogP contribution in [0.2, 0.25) is 0 Å². The van der Waals surface area contributed by atoms with E-state index in [1.807, 2.05) is 50.2 Å². The number of benzene rings is 3. The van der Waals surface area contributed by atoms with Crippen molar-refractivity contribution in [3.05, 3.63) is 89.0 Å². The second-order valence-electron chi connectivity index (χ2n) is 8.04. The van der Waals surface area contributed by atoms with Crippen LogP contribution in [0.1, 0.15) is 27.0 Å². The lowest BCUT2D eigenvalue weighted by molar-refractivity contribution is 0.0947. The summed E-state index contributed by atoms with van der Waals surface area (Å²) in [5.74, 6) is 1.14. The minimum Gasteiger partial charge on any atom is -0.497 e. The van der Waals surface area contributed by atoms with Crippen molar-refractivity contribution in [1.29, 1.82) is 0 Å². The Kier molecular flexibility index (Phi) is 8.17. The highest BCUT2D eigenvalue weighted by Crippen LogP contribution is 2.26. The monoisotopic (exact) mass is 482 g/mol. The second kappa shape index (κ2) is 11.1. The first-order chi connectivity index (χ1) is 16.2. The summed E-state index contributed by atoms with van der Waals surface area (Å²) < 4.78 is 37.2. The molecule has 0 aliphatic heterocycles. The number of nitrogens with zero attached hydrogens (tertiary/aromatic N) is 1. The van der Waals surface area contributed by atoms with Crippen LogP contribution in [0.15, 0.2) is 66.7 Å². The van der Waals surface area contributed by atoms with Crippen LogP contribution in [0.3, 0.4) is 0 Å². The number of methoxy groups -OCH3 is 1. The number of nitrogens with one attached hydrogen (secondary N) is 1. The number of aryl methyl sites for hydroxylation is 2. The summed E-state index contributed by atoms with van der Waals surface area (Å²) >= 11 is 0. The Bertz CT molecular complexity index is 1240. The van der Waals surface area contributed by atoms with Gasteiger partial charge in [0.15, 0.2) is 0 Å². The summed E-state index contributed by atoms with van der Waals surface area (Å²) in [5.41, 5.74) is 3.78. The van der Waals surface area contributed by atoms with Crippen LogP contribution in [-0.2, 0) is 16.6 Å². The van der Waals surface area contributed by atoms with Gasteiger partial charge in [0.25, 0.3) is 5.91 Å². The highest BCUT2D eigenvalue weighted by molar-refractivity contribution is 7.92. The van der Waals surface area contributed by atoms with Gasteiger partial charge in [-0.25, -0.2) is 8.42 Å². The van der Waals surface area contributed by atoms with Gasteiger partial charge in [0.2, 0.25) is 10.0 Å². The zero-order valence-corrected chi connectivity index (χ0v) is 20.7. The first kappa shape index (κ1) is 25.1. The van der Waals surface area contributed by atoms with Crippen LogP contribution in [-0.4, -0.2) is 40.8 Å². The molecule has 3 aromatic rings. The maximum Gasteiger partial charge on any atom is 0.251 e. The Morgan fingerprint density at radius 1 is 0.971 bits per heavy atom. The smallest absolute Gasteiger partial charge is 0.251 e. The van der Waals surface area contributed by atoms with Crippen molar-refractivity contribution in [2.45, 2.75) is 20.4 Å². The molecule has 1 amide bonds. The average molecular weight is 483 g/mol. The summed E-state index contributed by atoms with van der Waals surface area (Å²) in [5, 5.41) is 2.82. The summed E-state index contributed by atoms with van der Waals surface area (Å²) in [6.07, 6.45) is 1.20. The van der Waals surface area contributed by atoms with Gasteiger partial charge in [-0.15, -0.1) is 0 Å². The molecule has 1 N–H and O–H groups in total. The molecule has 0 saturated heterocycles. The van der Waals surface area contributed by atoms with E-state index in [1.54, 1.807) is 37.4 Å². The van der Waals surface area contributed by atoms with Crippen LogP contribution in [0.4, 0.5) is 5.69 Å². The summed E-state index contributed by atoms with van der Waals surface area (Å²) in [6.45, 7) is 4.65. The van der Waals surface area contributed by atoms with Gasteiger partial charge in [0.1, 0.15) is 18.1 Å². The van der Waals surface area contributed by atoms with Crippen molar-refractivity contribution in [3.63, 3.8) is 0 Å². The highest BCUT2D eigenvalue weighted by atomic mass is 32.2. The van der Waals surface area contributed by atoms with Crippen LogP contribution in [0.25, 0.3) is 0 Å². The van der Waals surface area contributed by atoms with Gasteiger partial charge in [0.05, 0.1) is 32.1 Å². The molecule has 0 radical (unpaired) electrons. The normalized spacial score (nSPS) is 11.1. The Morgan fingerprint density at radius 3 is 2.35 bits per heavy atom. The largest absolute Gasteiger partial charge is 0.497 e. The average Bonchev–Trinajstić information content (AvgIpc) is 2.81. The number of rotatable bonds is 10. The Labute approximate surface area is 201 Å². The molecular formula is C26H30N2O5S. The lowest BCUT2D eigenvalue weighted by Crippen LogP contribution is -2.30. The molecule has 0 unspecified atom stereocenters. The molecule has 0 aliphatic rings. The topological polar surface area (TPSA) is 84.9 Å². The first-order valence-electron chi connectivity index (χ1n) is 10.9. The predicted octanol–water partition coefficient (Wildman–Crippen LogP) is 4.09. The van der Waals surface area contributed by atoms with Gasteiger partial charge >= 0.3 is 0 Å². The van der Waals surface area contributed by atoms with Gasteiger partial charge in [-0.2, -0.15) is 0 Å². The van der Waals surface area contributed by atoms with E-state index in [0.29, 0.717) is 35.9 Å². The van der Waals surface area contributed by atoms with Crippen LogP contribution < -0.4 is 19.1 Å². The van der Waals surface area contributed by atoms with Crippen LogP contribution in [0, 0.1) is 13.8 Å². The highest BCUT2D eigenvalue weighted by Gasteiger charge is 2.20. The molecular weight excluding hydrogens is 452 g/mol. The second-order valence-corrected chi connectivity index (χ2v) is 9.95. The Hall–Kier alpha value is -3.52. The van der Waals surface area contributed by atoms with Crippen molar-refractivity contribution in [2.24, 2.45) is 0 Å². The van der Waals surface area contributed by atoms with Crippen molar-refractivity contribution in [3.8, 4) is 11.5 Å². The van der Waals surface area contributed by atoms with Gasteiger partial charge in [-0.3, -0.25) is 9.10 Å². The van der Waals surface area contributed by atoms with E-state index in [9.17, 15) is 13.2 Å². The third kappa shape index (κ3) is 6.74. The van der Waals surface area contributed by atoms with Crippen LogP contribution in [0.5, 0.6) is 11.5 Å². The van der Waals surface area contributed by atoms with Crippen molar-refractivity contribution >= 4 is 21.6 Å². The molecule has 34 heavy (non-hydrogen) atoms. The van der Waals surface area contributed by atoms with E-state index in [4.69, 9.17) is 9.47 Å². The van der Waals surface area contributed by atoms with Gasteiger partial charge in [-0.1, -0.05) is 30.3 Å². The van der Waals surface area contributed by atoms with Gasteiger partial charge < -0.3 is 14.8 Å². The molecule has 0 atom stereocenters. The Morgan fingerprint density at radius 2 is 1.68 bits per heavy atom. The molecule has 0 spiro atoms. The van der Waals surface area contributed by atoms with Crippen molar-refractivity contribution in [2.75, 3.05) is 30.8 Å². The molecule has 3 rings (SSSR count). The predicted molar refractivity (Wildman–Crippen MR) is 134 cm³/mol. The van der Waals surface area contributed by atoms with E-state index in [-0.39, 0.29) is 12.5 Å². The van der Waals surface area contributed by atoms with E-state index in [0.717, 1.165) is 16.7 Å². The quantitative estimate of drug-likeness (QED) is 0.440. The summed E-state index contributed by atoms with van der Waals surface area (Å²) in [6, 6.07) is 19.9. The number of ether oxygens (including phenoxy) is 2. The minimum absolute atomic E-state index is 0.180. The summed E-state index contributed by atoms with van der Waals surface area (Å²) in [7, 11) is -1.90. The fourth-order valence-electron chi connectivity index (χ4n) is 3.42. The van der Waals surface area contributed by atoms with E-state index in [2.05, 4.69) is 5.32 Å². The third-order valence-electron chi connectivity index (χ3n) is 5.27. The maximum atomic E-state index is 12.5. The zero-order chi connectivity index (χ0) is 24.7. The molecule has 8 heteroatoms. The molecule has 0 aliphatic carbocycles. The number of hydrogen-bond acceptors (Lipinski definition) is 5. The number of sulfonamides is 1. The lowest BCUT2D eigenvalue weighted by atomic mass is 10.1. The zero-order valence-electron chi connectivity index (χ0n) is 19.9. The van der Waals surface area contributed by atoms with Gasteiger partial charge in [-0.05, 0) is 60.9 Å². The minimum atomic E-state index is -3.49. The van der Waals surface area contributed by atoms with Crippen LogP contribution >= 0.6 is 0 Å². The third-order valence-corrected chi connectivity index (χ3v) is 6.40. The fourth-order valence-corrected chi connectivity index (χ4v) is 4.36. The summed E-state index contributed by atoms with van der Waals surface area (Å²) in [4.78, 5) is 12.5. The molecule has 0 bridgehead atoms. The molecule has 0 aromatic heterocycles. The lowest BCUT2D eigenvalue weighted by Gasteiger charge is -2.25. The number of hydrogen-bond donors (Lipinski definition) is 1. The standard InChI is InChI=1S/C26H30N2O5S/c1-19-8-9-20(2)25(16-19)28(34(4,30)31)18-21-10-12-22(13-11-21)26(29)27-14-15-33-24-7-5-6-23(17-24)32-3/h5-13,16-17H,14-15,18H2,1-4H3,(H,27,29). The number of carbonyl (C=O) groups excluding carboxylic acids is 1. The molecule has 180 valence electrons. The molecule has 0 heterocycles. The number of anilines is 1.